The molecule has 2 heterocycles. The van der Waals surface area contributed by atoms with Crippen LogP contribution >= 0.6 is 0 Å². The van der Waals surface area contributed by atoms with Gasteiger partial charge in [-0.3, -0.25) is 14.4 Å². The van der Waals surface area contributed by atoms with Crippen LogP contribution in [0.5, 0.6) is 0 Å². The van der Waals surface area contributed by atoms with E-state index >= 15 is 0 Å². The van der Waals surface area contributed by atoms with Crippen LogP contribution in [0.3, 0.4) is 0 Å². The number of rotatable bonds is 2. The van der Waals surface area contributed by atoms with Crippen molar-refractivity contribution in [1.82, 2.24) is 0 Å². The molecule has 1 saturated heterocycles. The van der Waals surface area contributed by atoms with E-state index in [1.807, 2.05) is 0 Å². The third-order valence-corrected chi connectivity index (χ3v) is 2.19. The predicted molar refractivity (Wildman–Crippen MR) is 52.8 cm³/mol. The van der Waals surface area contributed by atoms with Gasteiger partial charge in [0.1, 0.15) is 0 Å². The van der Waals surface area contributed by atoms with Crippen molar-refractivity contribution in [3.63, 3.8) is 0 Å². The van der Waals surface area contributed by atoms with Gasteiger partial charge in [-0.1, -0.05) is 0 Å². The summed E-state index contributed by atoms with van der Waals surface area (Å²) in [6, 6.07) is 2.85. The van der Waals surface area contributed by atoms with Crippen LogP contribution in [0.2, 0.25) is 0 Å². The van der Waals surface area contributed by atoms with Crippen molar-refractivity contribution in [2.45, 2.75) is 19.6 Å². The quantitative estimate of drug-likeness (QED) is 0.432. The number of Topliss-reactive ketones (excluding diaryl/α,β-unsaturated/α-hetero) is 1. The number of cyclic esters (lactones) is 2. The molecule has 1 aromatic heterocycles. The zero-order valence-electron chi connectivity index (χ0n) is 9.26. The second kappa shape index (κ2) is 3.73. The summed E-state index contributed by atoms with van der Waals surface area (Å²) in [4.78, 5) is 34.9. The summed E-state index contributed by atoms with van der Waals surface area (Å²) in [6.07, 6.45) is 1.27. The Hall–Kier alpha value is -2.11. The van der Waals surface area contributed by atoms with Crippen molar-refractivity contribution in [2.75, 3.05) is 0 Å². The third-order valence-electron chi connectivity index (χ3n) is 2.19. The first kappa shape index (κ1) is 11.4. The van der Waals surface area contributed by atoms with Gasteiger partial charge in [0.25, 0.3) is 5.79 Å². The highest BCUT2D eigenvalue weighted by atomic mass is 16.7. The topological polar surface area (TPSA) is 82.8 Å². The van der Waals surface area contributed by atoms with Crippen molar-refractivity contribution < 1.29 is 28.3 Å². The number of furan rings is 1. The zero-order chi connectivity index (χ0) is 12.6. The number of carbonyl (C=O) groups is 3. The minimum Gasteiger partial charge on any atom is -0.461 e. The highest BCUT2D eigenvalue weighted by Crippen LogP contribution is 2.25. The number of hydrogen-bond donors (Lipinski definition) is 0. The third kappa shape index (κ3) is 2.06. The Kier molecular flexibility index (Phi) is 2.49. The molecule has 6 nitrogen and oxygen atoms in total. The van der Waals surface area contributed by atoms with E-state index in [1.165, 1.54) is 32.2 Å². The molecule has 0 saturated carbocycles. The number of esters is 2. The van der Waals surface area contributed by atoms with E-state index in [9.17, 15) is 14.4 Å². The maximum atomic E-state index is 11.8. The van der Waals surface area contributed by atoms with Crippen LogP contribution in [0.15, 0.2) is 22.8 Å². The SMILES string of the molecule is CC1(C)OC(=O)C(C(=O)c2ccco2)C(=O)O1. The standard InChI is InChI=1S/C11H10O6/c1-11(2)16-9(13)7(10(14)17-11)8(12)6-4-3-5-15-6/h3-5,7H,1-2H3. The molecule has 6 heteroatoms. The normalized spacial score (nSPS) is 19.6. The Morgan fingerprint density at radius 1 is 1.24 bits per heavy atom. The van der Waals surface area contributed by atoms with Crippen molar-refractivity contribution in [3.05, 3.63) is 24.2 Å². The van der Waals surface area contributed by atoms with Crippen LogP contribution in [-0.4, -0.2) is 23.5 Å². The Bertz CT molecular complexity index is 450. The van der Waals surface area contributed by atoms with Gasteiger partial charge in [-0.25, -0.2) is 0 Å². The molecule has 1 aliphatic heterocycles. The Labute approximate surface area is 96.5 Å². The van der Waals surface area contributed by atoms with Crippen molar-refractivity contribution >= 4 is 17.7 Å². The van der Waals surface area contributed by atoms with E-state index in [-0.39, 0.29) is 5.76 Å². The lowest BCUT2D eigenvalue weighted by molar-refractivity contribution is -0.236. The van der Waals surface area contributed by atoms with Crippen LogP contribution in [0.1, 0.15) is 24.4 Å². The van der Waals surface area contributed by atoms with Gasteiger partial charge in [0, 0.05) is 13.8 Å². The van der Waals surface area contributed by atoms with Gasteiger partial charge in [0.05, 0.1) is 6.26 Å². The van der Waals surface area contributed by atoms with Gasteiger partial charge in [0.2, 0.25) is 11.7 Å². The highest BCUT2D eigenvalue weighted by Gasteiger charge is 2.48. The molecule has 1 fully saturated rings. The predicted octanol–water partition coefficient (Wildman–Crippen LogP) is 0.915. The van der Waals surface area contributed by atoms with Crippen LogP contribution in [0.4, 0.5) is 0 Å². The fourth-order valence-electron chi connectivity index (χ4n) is 1.49. The van der Waals surface area contributed by atoms with Gasteiger partial charge in [-0.05, 0) is 12.1 Å². The molecule has 0 radical (unpaired) electrons. The molecule has 0 aromatic carbocycles. The lowest BCUT2D eigenvalue weighted by atomic mass is 10.0. The van der Waals surface area contributed by atoms with Gasteiger partial charge >= 0.3 is 11.9 Å². The smallest absolute Gasteiger partial charge is 0.331 e. The maximum Gasteiger partial charge on any atom is 0.331 e. The minimum atomic E-state index is -1.60. The van der Waals surface area contributed by atoms with Gasteiger partial charge in [0.15, 0.2) is 5.76 Å². The van der Waals surface area contributed by atoms with E-state index in [1.54, 1.807) is 0 Å². The van der Waals surface area contributed by atoms with Crippen molar-refractivity contribution in [2.24, 2.45) is 5.92 Å². The minimum absolute atomic E-state index is 0.0800. The monoisotopic (exact) mass is 238 g/mol. The molecular weight excluding hydrogens is 228 g/mol. The summed E-state index contributed by atoms with van der Waals surface area (Å²) >= 11 is 0. The number of hydrogen-bond acceptors (Lipinski definition) is 6. The first-order chi connectivity index (χ1) is 7.91. The Morgan fingerprint density at radius 3 is 2.29 bits per heavy atom. The second-order valence-electron chi connectivity index (χ2n) is 4.02. The summed E-state index contributed by atoms with van der Waals surface area (Å²) < 4.78 is 14.5. The van der Waals surface area contributed by atoms with E-state index in [2.05, 4.69) is 0 Å². The van der Waals surface area contributed by atoms with Crippen LogP contribution in [-0.2, 0) is 19.1 Å². The zero-order valence-corrected chi connectivity index (χ0v) is 9.26. The molecule has 90 valence electrons. The molecule has 0 aliphatic carbocycles. The number of ketones is 1. The summed E-state index contributed by atoms with van der Waals surface area (Å²) in [5, 5.41) is 0. The Morgan fingerprint density at radius 2 is 1.82 bits per heavy atom. The van der Waals surface area contributed by atoms with E-state index in [0.29, 0.717) is 0 Å². The van der Waals surface area contributed by atoms with Crippen LogP contribution in [0.25, 0.3) is 0 Å². The summed E-state index contributed by atoms with van der Waals surface area (Å²) in [5.41, 5.74) is 0. The fraction of sp³-hybridized carbons (Fsp3) is 0.364. The molecule has 0 spiro atoms. The molecular formula is C11H10O6. The van der Waals surface area contributed by atoms with Gasteiger partial charge in [-0.15, -0.1) is 0 Å². The lowest BCUT2D eigenvalue weighted by Gasteiger charge is -2.31. The first-order valence-corrected chi connectivity index (χ1v) is 4.94. The van der Waals surface area contributed by atoms with Crippen LogP contribution in [0, 0.1) is 5.92 Å². The van der Waals surface area contributed by atoms with Crippen molar-refractivity contribution in [3.8, 4) is 0 Å². The maximum absolute atomic E-state index is 11.8. The molecule has 0 amide bonds. The molecule has 0 unspecified atom stereocenters. The van der Waals surface area contributed by atoms with E-state index in [4.69, 9.17) is 13.9 Å². The Balaban J connectivity index is 2.25. The van der Waals surface area contributed by atoms with Crippen LogP contribution < -0.4 is 0 Å². The first-order valence-electron chi connectivity index (χ1n) is 4.94. The summed E-state index contributed by atoms with van der Waals surface area (Å²) in [5.74, 6) is -5.63. The summed E-state index contributed by atoms with van der Waals surface area (Å²) in [7, 11) is 0. The molecule has 0 bridgehead atoms. The number of ether oxygens (including phenoxy) is 2. The fourth-order valence-corrected chi connectivity index (χ4v) is 1.49. The highest BCUT2D eigenvalue weighted by molar-refractivity contribution is 6.20. The van der Waals surface area contributed by atoms with E-state index in [0.717, 1.165) is 0 Å². The lowest BCUT2D eigenvalue weighted by Crippen LogP contribution is -2.49. The molecule has 17 heavy (non-hydrogen) atoms. The largest absolute Gasteiger partial charge is 0.461 e. The van der Waals surface area contributed by atoms with Gasteiger partial charge < -0.3 is 13.9 Å². The van der Waals surface area contributed by atoms with Crippen molar-refractivity contribution in [1.29, 1.82) is 0 Å². The van der Waals surface area contributed by atoms with E-state index < -0.39 is 29.4 Å². The molecule has 2 rings (SSSR count). The average Bonchev–Trinajstić information content (AvgIpc) is 2.66. The van der Waals surface area contributed by atoms with Gasteiger partial charge in [-0.2, -0.15) is 0 Å². The molecule has 0 atom stereocenters. The average molecular weight is 238 g/mol. The number of carbonyl (C=O) groups excluding carboxylic acids is 3. The second-order valence-corrected chi connectivity index (χ2v) is 4.02. The molecule has 1 aromatic rings. The molecule has 0 N–H and O–H groups in total. The summed E-state index contributed by atoms with van der Waals surface area (Å²) in [6.45, 7) is 2.83. The molecule has 1 aliphatic rings.